The summed E-state index contributed by atoms with van der Waals surface area (Å²) >= 11 is 0. The molecular formula is C12H20IN3O. The first kappa shape index (κ1) is 16.0. The third kappa shape index (κ3) is 5.76. The van der Waals surface area contributed by atoms with Crippen LogP contribution in [0, 0.1) is 6.92 Å². The third-order valence-electron chi connectivity index (χ3n) is 2.32. The molecule has 0 heterocycles. The maximum atomic E-state index is 5.83. The fourth-order valence-corrected chi connectivity index (χ4v) is 1.33. The smallest absolute Gasteiger partial charge is 0.186 e. The van der Waals surface area contributed by atoms with Crippen LogP contribution in [-0.4, -0.2) is 18.6 Å². The molecule has 1 aromatic rings. The highest BCUT2D eigenvalue weighted by atomic mass is 127. The minimum Gasteiger partial charge on any atom is -0.488 e. The van der Waals surface area contributed by atoms with E-state index in [1.165, 1.54) is 0 Å². The van der Waals surface area contributed by atoms with Crippen molar-refractivity contribution in [3.63, 3.8) is 0 Å². The average molecular weight is 349 g/mol. The third-order valence-corrected chi connectivity index (χ3v) is 2.32. The van der Waals surface area contributed by atoms with Crippen LogP contribution in [-0.2, 0) is 0 Å². The molecule has 4 nitrogen and oxygen atoms in total. The number of guanidine groups is 1. The van der Waals surface area contributed by atoms with Crippen LogP contribution in [0.3, 0.4) is 0 Å². The maximum absolute atomic E-state index is 5.83. The molecule has 1 rings (SSSR count). The van der Waals surface area contributed by atoms with Gasteiger partial charge in [-0.15, -0.1) is 24.0 Å². The van der Waals surface area contributed by atoms with Crippen molar-refractivity contribution < 1.29 is 4.74 Å². The number of ether oxygens (including phenoxy) is 1. The maximum Gasteiger partial charge on any atom is 0.186 e. The molecule has 0 spiro atoms. The summed E-state index contributed by atoms with van der Waals surface area (Å²) in [4.78, 5) is 3.97. The quantitative estimate of drug-likeness (QED) is 0.485. The van der Waals surface area contributed by atoms with Crippen LogP contribution in [0.1, 0.15) is 18.9 Å². The number of hydrogen-bond donors (Lipinski definition) is 2. The fourth-order valence-electron chi connectivity index (χ4n) is 1.33. The van der Waals surface area contributed by atoms with Gasteiger partial charge in [0.05, 0.1) is 6.54 Å². The van der Waals surface area contributed by atoms with Crippen molar-refractivity contribution in [2.45, 2.75) is 26.4 Å². The van der Waals surface area contributed by atoms with E-state index in [-0.39, 0.29) is 36.0 Å². The van der Waals surface area contributed by atoms with E-state index < -0.39 is 0 Å². The fraction of sp³-hybridized carbons (Fsp3) is 0.417. The number of rotatable bonds is 5. The van der Waals surface area contributed by atoms with Gasteiger partial charge in [0.2, 0.25) is 0 Å². The van der Waals surface area contributed by atoms with Gasteiger partial charge in [0.1, 0.15) is 11.9 Å². The van der Waals surface area contributed by atoms with Gasteiger partial charge in [-0.1, -0.05) is 25.1 Å². The molecule has 0 bridgehead atoms. The zero-order valence-electron chi connectivity index (χ0n) is 10.2. The van der Waals surface area contributed by atoms with Crippen LogP contribution in [0.25, 0.3) is 0 Å². The van der Waals surface area contributed by atoms with Gasteiger partial charge in [-0.05, 0) is 25.0 Å². The van der Waals surface area contributed by atoms with E-state index >= 15 is 0 Å². The Kier molecular flexibility index (Phi) is 7.69. The van der Waals surface area contributed by atoms with Crippen LogP contribution in [0.4, 0.5) is 0 Å². The Morgan fingerprint density at radius 1 is 1.35 bits per heavy atom. The summed E-state index contributed by atoms with van der Waals surface area (Å²) in [6.07, 6.45) is 0.883. The van der Waals surface area contributed by atoms with Crippen LogP contribution in [0.2, 0.25) is 0 Å². The minimum atomic E-state index is 0. The normalized spacial score (nSPS) is 11.2. The molecule has 0 saturated carbocycles. The van der Waals surface area contributed by atoms with Crippen molar-refractivity contribution in [1.29, 1.82) is 0 Å². The number of para-hydroxylation sites is 1. The van der Waals surface area contributed by atoms with E-state index in [1.807, 2.05) is 38.1 Å². The molecule has 0 saturated heterocycles. The van der Waals surface area contributed by atoms with Gasteiger partial charge in [-0.25, -0.2) is 4.99 Å². The second-order valence-electron chi connectivity index (χ2n) is 3.68. The highest BCUT2D eigenvalue weighted by Crippen LogP contribution is 2.18. The molecule has 0 amide bonds. The van der Waals surface area contributed by atoms with Gasteiger partial charge >= 0.3 is 0 Å². The topological polar surface area (TPSA) is 73.6 Å². The molecule has 0 aliphatic rings. The standard InChI is InChI=1S/C12H19N3O.HI/c1-3-10(8-15-12(13)14)16-11-7-5-4-6-9(11)2;/h4-7,10H,3,8H2,1-2H3,(H4,13,14,15);1H. The number of nitrogens with two attached hydrogens (primary N) is 2. The van der Waals surface area contributed by atoms with Gasteiger partial charge in [0.25, 0.3) is 0 Å². The number of halogens is 1. The summed E-state index contributed by atoms with van der Waals surface area (Å²) in [5.74, 6) is 0.993. The molecule has 5 heteroatoms. The lowest BCUT2D eigenvalue weighted by Gasteiger charge is -2.17. The van der Waals surface area contributed by atoms with E-state index in [0.29, 0.717) is 6.54 Å². The largest absolute Gasteiger partial charge is 0.488 e. The molecular weight excluding hydrogens is 329 g/mol. The molecule has 1 unspecified atom stereocenters. The lowest BCUT2D eigenvalue weighted by molar-refractivity contribution is 0.204. The highest BCUT2D eigenvalue weighted by molar-refractivity contribution is 14.0. The second kappa shape index (κ2) is 8.16. The predicted octanol–water partition coefficient (Wildman–Crippen LogP) is 2.04. The van der Waals surface area contributed by atoms with Gasteiger partial charge < -0.3 is 16.2 Å². The molecule has 0 aliphatic heterocycles. The van der Waals surface area contributed by atoms with E-state index in [4.69, 9.17) is 16.2 Å². The molecule has 17 heavy (non-hydrogen) atoms. The summed E-state index contributed by atoms with van der Waals surface area (Å²) in [7, 11) is 0. The van der Waals surface area contributed by atoms with Crippen LogP contribution < -0.4 is 16.2 Å². The first-order chi connectivity index (χ1) is 7.63. The van der Waals surface area contributed by atoms with E-state index in [9.17, 15) is 0 Å². The second-order valence-corrected chi connectivity index (χ2v) is 3.68. The zero-order valence-corrected chi connectivity index (χ0v) is 12.5. The number of aliphatic imine (C=N–C) groups is 1. The molecule has 96 valence electrons. The Morgan fingerprint density at radius 2 is 2.00 bits per heavy atom. The molecule has 0 radical (unpaired) electrons. The highest BCUT2D eigenvalue weighted by Gasteiger charge is 2.08. The van der Waals surface area contributed by atoms with Crippen LogP contribution in [0.15, 0.2) is 29.3 Å². The SMILES string of the molecule is CCC(CN=C(N)N)Oc1ccccc1C.I. The monoisotopic (exact) mass is 349 g/mol. The summed E-state index contributed by atoms with van der Waals surface area (Å²) in [6, 6.07) is 7.91. The van der Waals surface area contributed by atoms with E-state index in [2.05, 4.69) is 4.99 Å². The molecule has 0 aliphatic carbocycles. The summed E-state index contributed by atoms with van der Waals surface area (Å²) in [5, 5.41) is 0. The van der Waals surface area contributed by atoms with Crippen LogP contribution >= 0.6 is 24.0 Å². The van der Waals surface area contributed by atoms with E-state index in [0.717, 1.165) is 17.7 Å². The molecule has 1 atom stereocenters. The van der Waals surface area contributed by atoms with Gasteiger partial charge in [-0.3, -0.25) is 0 Å². The molecule has 0 fully saturated rings. The Balaban J connectivity index is 0.00000256. The lowest BCUT2D eigenvalue weighted by atomic mass is 10.2. The number of aryl methyl sites for hydroxylation is 1. The van der Waals surface area contributed by atoms with Gasteiger partial charge in [-0.2, -0.15) is 0 Å². The Morgan fingerprint density at radius 3 is 2.53 bits per heavy atom. The van der Waals surface area contributed by atoms with Crippen molar-refractivity contribution in [3.05, 3.63) is 29.8 Å². The summed E-state index contributed by atoms with van der Waals surface area (Å²) < 4.78 is 5.83. The summed E-state index contributed by atoms with van der Waals surface area (Å²) in [5.41, 5.74) is 11.7. The molecule has 4 N–H and O–H groups in total. The van der Waals surface area contributed by atoms with Crippen molar-refractivity contribution in [2.75, 3.05) is 6.54 Å². The predicted molar refractivity (Wildman–Crippen MR) is 82.0 cm³/mol. The Hall–Kier alpha value is -0.980. The van der Waals surface area contributed by atoms with Crippen molar-refractivity contribution in [3.8, 4) is 5.75 Å². The summed E-state index contributed by atoms with van der Waals surface area (Å²) in [6.45, 7) is 4.56. The zero-order chi connectivity index (χ0) is 12.0. The van der Waals surface area contributed by atoms with Gasteiger partial charge in [0, 0.05) is 0 Å². The van der Waals surface area contributed by atoms with Crippen molar-refractivity contribution in [2.24, 2.45) is 16.5 Å². The minimum absolute atomic E-state index is 0. The number of hydrogen-bond acceptors (Lipinski definition) is 2. The lowest BCUT2D eigenvalue weighted by Crippen LogP contribution is -2.27. The first-order valence-electron chi connectivity index (χ1n) is 5.41. The van der Waals surface area contributed by atoms with Gasteiger partial charge in [0.15, 0.2) is 5.96 Å². The average Bonchev–Trinajstić information content (AvgIpc) is 2.26. The molecule has 1 aromatic carbocycles. The Bertz CT molecular complexity index is 365. The number of nitrogens with zero attached hydrogens (tertiary/aromatic N) is 1. The van der Waals surface area contributed by atoms with Crippen LogP contribution in [0.5, 0.6) is 5.75 Å². The first-order valence-corrected chi connectivity index (χ1v) is 5.41. The van der Waals surface area contributed by atoms with Crippen molar-refractivity contribution in [1.82, 2.24) is 0 Å². The molecule has 0 aromatic heterocycles. The number of benzene rings is 1. The van der Waals surface area contributed by atoms with E-state index in [1.54, 1.807) is 0 Å². The van der Waals surface area contributed by atoms with Crippen molar-refractivity contribution >= 4 is 29.9 Å². The Labute approximate surface area is 119 Å².